The minimum absolute atomic E-state index is 0.0494. The fraction of sp³-hybridized carbons (Fsp3) is 0.600. The molecule has 0 amide bonds. The summed E-state index contributed by atoms with van der Waals surface area (Å²) in [6, 6.07) is 5.91. The quantitative estimate of drug-likeness (QED) is 0.901. The number of para-hydroxylation sites is 1. The van der Waals surface area contributed by atoms with Gasteiger partial charge in [-0.3, -0.25) is 0 Å². The molecule has 0 aromatic heterocycles. The van der Waals surface area contributed by atoms with E-state index < -0.39 is 15.6 Å². The minimum Gasteiger partial charge on any atom is -0.381 e. The maximum Gasteiger partial charge on any atom is 0.341 e. The molecule has 2 unspecified atom stereocenters. The van der Waals surface area contributed by atoms with E-state index in [2.05, 4.69) is 5.32 Å². The predicted octanol–water partition coefficient (Wildman–Crippen LogP) is 3.05. The zero-order valence-corrected chi connectivity index (χ0v) is 12.9. The van der Waals surface area contributed by atoms with Crippen LogP contribution in [0.4, 0.5) is 14.5 Å². The lowest BCUT2D eigenvalue weighted by Gasteiger charge is -2.31. The third-order valence-corrected chi connectivity index (χ3v) is 5.69. The molecule has 1 aromatic carbocycles. The lowest BCUT2D eigenvalue weighted by atomic mass is 10.00. The number of hydrogen-bond donors (Lipinski definition) is 1. The summed E-state index contributed by atoms with van der Waals surface area (Å²) in [5.74, 6) is -2.81. The largest absolute Gasteiger partial charge is 0.381 e. The molecule has 3 rings (SSSR count). The summed E-state index contributed by atoms with van der Waals surface area (Å²) in [6.45, 7) is 0.614. The Morgan fingerprint density at radius 1 is 1.18 bits per heavy atom. The topological polar surface area (TPSA) is 55.4 Å². The number of anilines is 1. The molecule has 1 saturated carbocycles. The molecule has 1 aliphatic heterocycles. The molecule has 1 N–H and O–H groups in total. The Morgan fingerprint density at radius 3 is 2.59 bits per heavy atom. The van der Waals surface area contributed by atoms with Crippen molar-refractivity contribution < 1.29 is 21.9 Å². The van der Waals surface area contributed by atoms with Crippen molar-refractivity contribution in [1.29, 1.82) is 0 Å². The smallest absolute Gasteiger partial charge is 0.341 e. The van der Waals surface area contributed by atoms with Crippen molar-refractivity contribution in [3.63, 3.8) is 0 Å². The molecule has 22 heavy (non-hydrogen) atoms. The van der Waals surface area contributed by atoms with E-state index in [1.807, 2.05) is 0 Å². The zero-order valence-electron chi connectivity index (χ0n) is 12.0. The van der Waals surface area contributed by atoms with Crippen molar-refractivity contribution in [2.75, 3.05) is 11.9 Å². The lowest BCUT2D eigenvalue weighted by Crippen LogP contribution is -2.35. The standard InChI is InChI=1S/C15H19F2NO3S/c16-15(17)22(19,20)14-4-2-1-3-12(14)18-11-7-8-21-13(9-11)10-5-6-10/h1-4,10-11,13,15,18H,5-9H2. The first-order chi connectivity index (χ1) is 10.5. The number of ether oxygens (including phenoxy) is 1. The van der Waals surface area contributed by atoms with E-state index in [0.29, 0.717) is 12.5 Å². The van der Waals surface area contributed by atoms with Gasteiger partial charge in [0.1, 0.15) is 0 Å². The van der Waals surface area contributed by atoms with Crippen molar-refractivity contribution in [1.82, 2.24) is 0 Å². The Kier molecular flexibility index (Phi) is 4.36. The van der Waals surface area contributed by atoms with Crippen LogP contribution >= 0.6 is 0 Å². The number of sulfone groups is 1. The van der Waals surface area contributed by atoms with Crippen LogP contribution in [0.2, 0.25) is 0 Å². The second-order valence-electron chi connectivity index (χ2n) is 5.91. The van der Waals surface area contributed by atoms with Gasteiger partial charge < -0.3 is 10.1 Å². The molecule has 0 radical (unpaired) electrons. The summed E-state index contributed by atoms with van der Waals surface area (Å²) in [5.41, 5.74) is 0.254. The van der Waals surface area contributed by atoms with Crippen molar-refractivity contribution >= 4 is 15.5 Å². The molecule has 0 bridgehead atoms. The van der Waals surface area contributed by atoms with Crippen LogP contribution in [0.1, 0.15) is 25.7 Å². The number of alkyl halides is 2. The van der Waals surface area contributed by atoms with Gasteiger partial charge in [-0.25, -0.2) is 8.42 Å². The molecular weight excluding hydrogens is 312 g/mol. The summed E-state index contributed by atoms with van der Waals surface area (Å²) < 4.78 is 54.8. The van der Waals surface area contributed by atoms with E-state index in [1.165, 1.54) is 31.0 Å². The van der Waals surface area contributed by atoms with Gasteiger partial charge in [0, 0.05) is 12.6 Å². The molecule has 122 valence electrons. The molecule has 7 heteroatoms. The van der Waals surface area contributed by atoms with Crippen LogP contribution in [0.3, 0.4) is 0 Å². The molecule has 1 aliphatic carbocycles. The highest BCUT2D eigenvalue weighted by atomic mass is 32.2. The van der Waals surface area contributed by atoms with Gasteiger partial charge in [-0.1, -0.05) is 12.1 Å². The van der Waals surface area contributed by atoms with E-state index in [1.54, 1.807) is 6.07 Å². The first-order valence-electron chi connectivity index (χ1n) is 7.47. The van der Waals surface area contributed by atoms with E-state index in [9.17, 15) is 17.2 Å². The van der Waals surface area contributed by atoms with Crippen LogP contribution in [0.15, 0.2) is 29.2 Å². The molecule has 0 spiro atoms. The van der Waals surface area contributed by atoms with E-state index >= 15 is 0 Å². The van der Waals surface area contributed by atoms with Crippen LogP contribution in [0, 0.1) is 5.92 Å². The summed E-state index contributed by atoms with van der Waals surface area (Å²) in [7, 11) is -4.60. The first-order valence-corrected chi connectivity index (χ1v) is 9.02. The molecule has 1 saturated heterocycles. The Hall–Kier alpha value is -1.21. The summed E-state index contributed by atoms with van der Waals surface area (Å²) in [4.78, 5) is -0.334. The summed E-state index contributed by atoms with van der Waals surface area (Å²) >= 11 is 0. The van der Waals surface area contributed by atoms with Gasteiger partial charge in [-0.2, -0.15) is 8.78 Å². The summed E-state index contributed by atoms with van der Waals surface area (Å²) in [5, 5.41) is 3.13. The van der Waals surface area contributed by atoms with E-state index in [4.69, 9.17) is 4.74 Å². The van der Waals surface area contributed by atoms with Gasteiger partial charge in [-0.05, 0) is 43.7 Å². The molecule has 1 aromatic rings. The average molecular weight is 331 g/mol. The van der Waals surface area contributed by atoms with Crippen LogP contribution in [-0.4, -0.2) is 32.9 Å². The number of rotatable bonds is 5. The van der Waals surface area contributed by atoms with Crippen molar-refractivity contribution in [3.05, 3.63) is 24.3 Å². The van der Waals surface area contributed by atoms with Gasteiger partial charge in [0.15, 0.2) is 0 Å². The van der Waals surface area contributed by atoms with Crippen LogP contribution in [0.25, 0.3) is 0 Å². The molecular formula is C15H19F2NO3S. The highest BCUT2D eigenvalue weighted by molar-refractivity contribution is 7.91. The van der Waals surface area contributed by atoms with Crippen LogP contribution < -0.4 is 5.32 Å². The van der Waals surface area contributed by atoms with Crippen LogP contribution in [-0.2, 0) is 14.6 Å². The zero-order chi connectivity index (χ0) is 15.7. The number of nitrogens with one attached hydrogen (secondary N) is 1. The number of halogens is 2. The molecule has 4 nitrogen and oxygen atoms in total. The Labute approximate surface area is 128 Å². The summed E-state index contributed by atoms with van der Waals surface area (Å²) in [6.07, 6.45) is 4.08. The highest BCUT2D eigenvalue weighted by Crippen LogP contribution is 2.39. The first kappa shape index (κ1) is 15.7. The Morgan fingerprint density at radius 2 is 1.91 bits per heavy atom. The molecule has 2 aliphatic rings. The van der Waals surface area contributed by atoms with Gasteiger partial charge in [0.25, 0.3) is 0 Å². The minimum atomic E-state index is -4.60. The number of benzene rings is 1. The van der Waals surface area contributed by atoms with Crippen molar-refractivity contribution in [2.24, 2.45) is 5.92 Å². The maximum absolute atomic E-state index is 12.8. The monoisotopic (exact) mass is 331 g/mol. The predicted molar refractivity (Wildman–Crippen MR) is 78.7 cm³/mol. The second-order valence-corrected chi connectivity index (χ2v) is 7.80. The maximum atomic E-state index is 12.8. The normalized spacial score (nSPS) is 26.1. The van der Waals surface area contributed by atoms with E-state index in [0.717, 1.165) is 12.8 Å². The third kappa shape index (κ3) is 3.25. The van der Waals surface area contributed by atoms with Crippen molar-refractivity contribution in [2.45, 2.75) is 48.5 Å². The number of hydrogen-bond acceptors (Lipinski definition) is 4. The second kappa shape index (κ2) is 6.12. The van der Waals surface area contributed by atoms with Gasteiger partial charge >= 0.3 is 5.76 Å². The average Bonchev–Trinajstić information content (AvgIpc) is 3.32. The molecule has 2 fully saturated rings. The fourth-order valence-electron chi connectivity index (χ4n) is 2.91. The Balaban J connectivity index is 1.77. The molecule has 1 heterocycles. The lowest BCUT2D eigenvalue weighted by molar-refractivity contribution is -0.00221. The van der Waals surface area contributed by atoms with Crippen molar-refractivity contribution in [3.8, 4) is 0 Å². The third-order valence-electron chi connectivity index (χ3n) is 4.25. The van der Waals surface area contributed by atoms with Crippen LogP contribution in [0.5, 0.6) is 0 Å². The fourth-order valence-corrected chi connectivity index (χ4v) is 3.80. The van der Waals surface area contributed by atoms with Gasteiger partial charge in [0.2, 0.25) is 9.84 Å². The Bertz CT molecular complexity index is 631. The molecule has 2 atom stereocenters. The van der Waals surface area contributed by atoms with Gasteiger partial charge in [-0.15, -0.1) is 0 Å². The highest BCUT2D eigenvalue weighted by Gasteiger charge is 2.36. The SMILES string of the molecule is O=S(=O)(c1ccccc1NC1CCOC(C2CC2)C1)C(F)F. The van der Waals surface area contributed by atoms with E-state index in [-0.39, 0.29) is 22.7 Å². The van der Waals surface area contributed by atoms with Gasteiger partial charge in [0.05, 0.1) is 16.7 Å².